The molecule has 0 unspecified atom stereocenters. The fourth-order valence-electron chi connectivity index (χ4n) is 1.89. The first-order chi connectivity index (χ1) is 13.3. The molecule has 0 saturated heterocycles. The number of rotatable bonds is 10. The summed E-state index contributed by atoms with van der Waals surface area (Å²) in [6, 6.07) is 0. The van der Waals surface area contributed by atoms with Crippen molar-refractivity contribution in [1.82, 2.24) is 0 Å². The van der Waals surface area contributed by atoms with Gasteiger partial charge >= 0.3 is 47.7 Å². The number of alkyl halides is 15. The van der Waals surface area contributed by atoms with Gasteiger partial charge in [0.2, 0.25) is 0 Å². The van der Waals surface area contributed by atoms with Gasteiger partial charge in [0.25, 0.3) is 0 Å². The van der Waals surface area contributed by atoms with Crippen molar-refractivity contribution in [1.29, 1.82) is 0 Å². The zero-order valence-electron chi connectivity index (χ0n) is 14.7. The topological polar surface area (TPSA) is 37.3 Å². The second-order valence-electron chi connectivity index (χ2n) is 6.16. The average Bonchev–Trinajstić information content (AvgIpc) is 2.56. The number of hydrogen-bond acceptors (Lipinski definition) is 1. The van der Waals surface area contributed by atoms with E-state index >= 15 is 0 Å². The molecule has 0 spiro atoms. The summed E-state index contributed by atoms with van der Waals surface area (Å²) in [4.78, 5) is 10.4. The van der Waals surface area contributed by atoms with Gasteiger partial charge < -0.3 is 5.11 Å². The summed E-state index contributed by atoms with van der Waals surface area (Å²) in [6.45, 7) is 0.882. The van der Waals surface area contributed by atoms with Crippen LogP contribution in [0.2, 0.25) is 0 Å². The van der Waals surface area contributed by atoms with Crippen molar-refractivity contribution in [2.24, 2.45) is 0 Å². The Morgan fingerprint density at radius 3 is 1.39 bits per heavy atom. The molecule has 1 N–H and O–H groups in total. The second-order valence-corrected chi connectivity index (χ2v) is 6.16. The largest absolute Gasteiger partial charge is 0.478 e. The number of aliphatic carboxylic acids is 1. The first kappa shape index (κ1) is 29.2. The van der Waals surface area contributed by atoms with Gasteiger partial charge in [-0.3, -0.25) is 0 Å². The molecule has 0 aliphatic heterocycles. The number of hydrogen-bond donors (Lipinski definition) is 1. The lowest BCUT2D eigenvalue weighted by atomic mass is 9.89. The predicted molar refractivity (Wildman–Crippen MR) is 71.0 cm³/mol. The van der Waals surface area contributed by atoms with Crippen LogP contribution in [-0.2, 0) is 4.79 Å². The highest BCUT2D eigenvalue weighted by atomic mass is 19.4. The van der Waals surface area contributed by atoms with E-state index in [1.165, 1.54) is 0 Å². The van der Waals surface area contributed by atoms with Crippen molar-refractivity contribution in [3.63, 3.8) is 0 Å². The van der Waals surface area contributed by atoms with Crippen LogP contribution in [-0.4, -0.2) is 52.8 Å². The lowest BCUT2D eigenvalue weighted by molar-refractivity contribution is -0.452. The third-order valence-corrected chi connectivity index (χ3v) is 3.88. The Morgan fingerprint density at radius 1 is 0.677 bits per heavy atom. The Balaban J connectivity index is 6.04. The van der Waals surface area contributed by atoms with Gasteiger partial charge in [-0.1, -0.05) is 6.08 Å². The molecular formula is C14H11F15O2. The van der Waals surface area contributed by atoms with Crippen molar-refractivity contribution in [3.8, 4) is 0 Å². The van der Waals surface area contributed by atoms with E-state index in [4.69, 9.17) is 5.11 Å². The summed E-state index contributed by atoms with van der Waals surface area (Å²) in [6.07, 6.45) is -11.7. The SMILES string of the molecule is CC(=CCCCC(F)(F)C(F)(F)C(F)(F)C(F)(F)C(F)(F)C(F)(F)C(F)(F)F)C(=O)O. The molecule has 0 aliphatic carbocycles. The highest BCUT2D eigenvalue weighted by Gasteiger charge is 2.93. The van der Waals surface area contributed by atoms with Gasteiger partial charge in [-0.25, -0.2) is 4.79 Å². The molecule has 0 aliphatic rings. The molecule has 0 aromatic heterocycles. The van der Waals surface area contributed by atoms with Crippen molar-refractivity contribution >= 4 is 5.97 Å². The highest BCUT2D eigenvalue weighted by Crippen LogP contribution is 2.62. The summed E-state index contributed by atoms with van der Waals surface area (Å²) in [5.74, 6) is -48.1. The highest BCUT2D eigenvalue weighted by molar-refractivity contribution is 5.85. The van der Waals surface area contributed by atoms with Crippen molar-refractivity contribution in [3.05, 3.63) is 11.6 Å². The van der Waals surface area contributed by atoms with Crippen LogP contribution in [0.1, 0.15) is 26.2 Å². The molecule has 17 heteroatoms. The summed E-state index contributed by atoms with van der Waals surface area (Å²) in [5, 5.41) is 8.43. The van der Waals surface area contributed by atoms with Crippen molar-refractivity contribution in [2.45, 2.75) is 67.9 Å². The van der Waals surface area contributed by atoms with Crippen LogP contribution in [0, 0.1) is 0 Å². The molecule has 0 rings (SSSR count). The van der Waals surface area contributed by atoms with Crippen molar-refractivity contribution < 1.29 is 75.8 Å². The van der Waals surface area contributed by atoms with Gasteiger partial charge in [-0.2, -0.15) is 65.9 Å². The first-order valence-corrected chi connectivity index (χ1v) is 7.56. The summed E-state index contributed by atoms with van der Waals surface area (Å²) >= 11 is 0. The van der Waals surface area contributed by atoms with Crippen LogP contribution in [0.15, 0.2) is 11.6 Å². The lowest BCUT2D eigenvalue weighted by Crippen LogP contribution is -2.72. The monoisotopic (exact) mass is 496 g/mol. The number of carboxylic acids is 1. The quantitative estimate of drug-likeness (QED) is 0.211. The molecular weight excluding hydrogens is 485 g/mol. The minimum Gasteiger partial charge on any atom is -0.478 e. The molecule has 0 saturated carbocycles. The standard InChI is InChI=1S/C14H11F15O2/c1-6(7(30)31)4-2-3-5-8(15,16)9(17,18)10(19,20)11(21,22)12(23,24)13(25,26)14(27,28)29/h4H,2-3,5H2,1H3,(H,30,31). The van der Waals surface area contributed by atoms with E-state index < -0.39 is 72.5 Å². The second kappa shape index (κ2) is 8.26. The molecule has 0 radical (unpaired) electrons. The van der Waals surface area contributed by atoms with E-state index in [0.29, 0.717) is 6.08 Å². The van der Waals surface area contributed by atoms with Crippen LogP contribution in [0.4, 0.5) is 65.9 Å². The van der Waals surface area contributed by atoms with E-state index in [1.807, 2.05) is 0 Å². The van der Waals surface area contributed by atoms with Gasteiger partial charge in [0, 0.05) is 12.0 Å². The van der Waals surface area contributed by atoms with Crippen LogP contribution in [0.3, 0.4) is 0 Å². The van der Waals surface area contributed by atoms with E-state index in [0.717, 1.165) is 6.92 Å². The molecule has 0 heterocycles. The molecule has 0 atom stereocenters. The average molecular weight is 496 g/mol. The molecule has 0 fully saturated rings. The van der Waals surface area contributed by atoms with E-state index in [1.54, 1.807) is 0 Å². The van der Waals surface area contributed by atoms with Gasteiger partial charge in [0.15, 0.2) is 0 Å². The zero-order chi connectivity index (χ0) is 25.5. The Bertz CT molecular complexity index is 690. The number of halogens is 15. The van der Waals surface area contributed by atoms with Gasteiger partial charge in [-0.15, -0.1) is 0 Å². The van der Waals surface area contributed by atoms with Crippen LogP contribution < -0.4 is 0 Å². The Kier molecular flexibility index (Phi) is 7.77. The van der Waals surface area contributed by atoms with E-state index in [2.05, 4.69) is 0 Å². The zero-order valence-corrected chi connectivity index (χ0v) is 14.7. The number of carbonyl (C=O) groups is 1. The summed E-state index contributed by atoms with van der Waals surface area (Å²) in [5.41, 5.74) is -0.541. The Hall–Kier alpha value is -1.84. The minimum absolute atomic E-state index is 0.541. The maximum absolute atomic E-state index is 13.5. The van der Waals surface area contributed by atoms with Gasteiger partial charge in [0.05, 0.1) is 0 Å². The fraction of sp³-hybridized carbons (Fsp3) is 0.786. The lowest BCUT2D eigenvalue weighted by Gasteiger charge is -2.41. The smallest absolute Gasteiger partial charge is 0.460 e. The normalized spacial score (nSPS) is 15.9. The molecule has 31 heavy (non-hydrogen) atoms. The molecule has 0 bridgehead atoms. The molecule has 184 valence electrons. The maximum atomic E-state index is 13.5. The predicted octanol–water partition coefficient (Wildman–Crippen LogP) is 6.56. The molecule has 0 aromatic carbocycles. The van der Waals surface area contributed by atoms with Crippen LogP contribution in [0.5, 0.6) is 0 Å². The molecule has 0 amide bonds. The van der Waals surface area contributed by atoms with E-state index in [9.17, 15) is 70.7 Å². The molecule has 0 aromatic rings. The first-order valence-electron chi connectivity index (χ1n) is 7.56. The Labute approximate surface area is 162 Å². The number of allylic oxidation sites excluding steroid dienone is 1. The van der Waals surface area contributed by atoms with Crippen molar-refractivity contribution in [2.75, 3.05) is 0 Å². The van der Waals surface area contributed by atoms with E-state index in [-0.39, 0.29) is 0 Å². The van der Waals surface area contributed by atoms with Crippen LogP contribution in [0.25, 0.3) is 0 Å². The minimum atomic E-state index is -8.30. The van der Waals surface area contributed by atoms with Gasteiger partial charge in [0.1, 0.15) is 0 Å². The third kappa shape index (κ3) is 4.68. The molecule has 2 nitrogen and oxygen atoms in total. The third-order valence-electron chi connectivity index (χ3n) is 3.88. The Morgan fingerprint density at radius 2 is 1.03 bits per heavy atom. The summed E-state index contributed by atoms with van der Waals surface area (Å²) in [7, 11) is 0. The summed E-state index contributed by atoms with van der Waals surface area (Å²) < 4.78 is 194. The van der Waals surface area contributed by atoms with Gasteiger partial charge in [-0.05, 0) is 19.8 Å². The fourth-order valence-corrected chi connectivity index (χ4v) is 1.89. The van der Waals surface area contributed by atoms with Crippen LogP contribution >= 0.6 is 0 Å². The number of unbranched alkanes of at least 4 members (excludes halogenated alkanes) is 1. The maximum Gasteiger partial charge on any atom is 0.460 e. The number of carboxylic acid groups (broad SMARTS) is 1.